The van der Waals surface area contributed by atoms with Gasteiger partial charge >= 0.3 is 6.30 Å². The number of nitrogens with zero attached hydrogens (tertiary/aromatic N) is 1. The summed E-state index contributed by atoms with van der Waals surface area (Å²) < 4.78 is 35.7. The number of aliphatic imine (C=N–C) groups is 1. The molecule has 4 heteroatoms. The van der Waals surface area contributed by atoms with E-state index in [0.29, 0.717) is 0 Å². The minimum atomic E-state index is -4.49. The van der Waals surface area contributed by atoms with Crippen LogP contribution in [0.3, 0.4) is 0 Å². The van der Waals surface area contributed by atoms with Gasteiger partial charge in [0.1, 0.15) is 0 Å². The average Bonchev–Trinajstić information content (AvgIpc) is 2.21. The van der Waals surface area contributed by atoms with Gasteiger partial charge in [-0.2, -0.15) is 4.99 Å². The highest BCUT2D eigenvalue weighted by molar-refractivity contribution is 5.73. The minimum Gasteiger partial charge on any atom is -0.193 e. The molecule has 98 valence electrons. The second-order valence-electron chi connectivity index (χ2n) is 4.42. The summed E-state index contributed by atoms with van der Waals surface area (Å²) in [5, 5.41) is 0. The van der Waals surface area contributed by atoms with Crippen molar-refractivity contribution in [2.75, 3.05) is 0 Å². The van der Waals surface area contributed by atoms with Crippen LogP contribution in [0.4, 0.5) is 13.2 Å². The Balaban J connectivity index is 5.00. The summed E-state index contributed by atoms with van der Waals surface area (Å²) in [6.07, 6.45) is 3.28. The Labute approximate surface area is 101 Å². The SMILES string of the molecule is CC/C=C\C(=C/C=NC(F)(F)F)C(C)(C)CC. The van der Waals surface area contributed by atoms with Gasteiger partial charge in [-0.05, 0) is 29.9 Å². The molecule has 0 saturated heterocycles. The van der Waals surface area contributed by atoms with Crippen LogP contribution in [0.15, 0.2) is 28.8 Å². The monoisotopic (exact) mass is 247 g/mol. The number of allylic oxidation sites excluding steroid dienone is 4. The molecule has 0 aliphatic carbocycles. The van der Waals surface area contributed by atoms with Gasteiger partial charge < -0.3 is 0 Å². The number of alkyl halides is 3. The Morgan fingerprint density at radius 1 is 1.18 bits per heavy atom. The molecule has 0 fully saturated rings. The smallest absolute Gasteiger partial charge is 0.193 e. The first-order valence-electron chi connectivity index (χ1n) is 5.72. The first kappa shape index (κ1) is 15.9. The molecule has 0 N–H and O–H groups in total. The number of hydrogen-bond donors (Lipinski definition) is 0. The van der Waals surface area contributed by atoms with Gasteiger partial charge in [-0.3, -0.25) is 0 Å². The van der Waals surface area contributed by atoms with Crippen LogP contribution in [-0.4, -0.2) is 12.5 Å². The first-order valence-corrected chi connectivity index (χ1v) is 5.72. The van der Waals surface area contributed by atoms with Gasteiger partial charge in [-0.1, -0.05) is 39.8 Å². The van der Waals surface area contributed by atoms with Crippen molar-refractivity contribution in [2.45, 2.75) is 46.8 Å². The number of halogens is 3. The Hall–Kier alpha value is -1.06. The van der Waals surface area contributed by atoms with Gasteiger partial charge in [0.25, 0.3) is 0 Å². The van der Waals surface area contributed by atoms with Gasteiger partial charge in [0.15, 0.2) is 0 Å². The van der Waals surface area contributed by atoms with Crippen LogP contribution in [-0.2, 0) is 0 Å². The molecule has 0 rings (SSSR count). The van der Waals surface area contributed by atoms with Gasteiger partial charge in [0, 0.05) is 6.21 Å². The zero-order chi connectivity index (χ0) is 13.5. The summed E-state index contributed by atoms with van der Waals surface area (Å²) in [5.74, 6) is 0. The molecule has 0 unspecified atom stereocenters. The quantitative estimate of drug-likeness (QED) is 0.372. The van der Waals surface area contributed by atoms with E-state index in [1.54, 1.807) is 0 Å². The van der Waals surface area contributed by atoms with Gasteiger partial charge in [0.2, 0.25) is 0 Å². The normalized spacial score (nSPS) is 15.1. The third kappa shape index (κ3) is 6.97. The fourth-order valence-corrected chi connectivity index (χ4v) is 1.16. The summed E-state index contributed by atoms with van der Waals surface area (Å²) in [6.45, 7) is 7.99. The van der Waals surface area contributed by atoms with E-state index in [9.17, 15) is 13.2 Å². The van der Waals surface area contributed by atoms with Crippen molar-refractivity contribution in [1.82, 2.24) is 0 Å². The molecule has 17 heavy (non-hydrogen) atoms. The molecule has 0 radical (unpaired) electrons. The Kier molecular flexibility index (Phi) is 6.21. The molecule has 0 amide bonds. The average molecular weight is 247 g/mol. The van der Waals surface area contributed by atoms with Crippen LogP contribution < -0.4 is 0 Å². The van der Waals surface area contributed by atoms with Crippen LogP contribution in [0, 0.1) is 5.41 Å². The standard InChI is InChI=1S/C13H20F3N/c1-5-7-8-11(12(3,4)6-2)9-10-17-13(14,15)16/h7-10H,5-6H2,1-4H3/b8-7-,11-9+,17-10?. The molecule has 1 nitrogen and oxygen atoms in total. The lowest BCUT2D eigenvalue weighted by Gasteiger charge is -2.24. The predicted molar refractivity (Wildman–Crippen MR) is 66.1 cm³/mol. The lowest BCUT2D eigenvalue weighted by molar-refractivity contribution is -0.118. The fourth-order valence-electron chi connectivity index (χ4n) is 1.16. The van der Waals surface area contributed by atoms with Gasteiger partial charge in [-0.25, -0.2) is 0 Å². The van der Waals surface area contributed by atoms with E-state index in [4.69, 9.17) is 0 Å². The highest BCUT2D eigenvalue weighted by Gasteiger charge is 2.24. The van der Waals surface area contributed by atoms with Crippen molar-refractivity contribution in [1.29, 1.82) is 0 Å². The highest BCUT2D eigenvalue weighted by Crippen LogP contribution is 2.30. The second-order valence-corrected chi connectivity index (χ2v) is 4.42. The maximum atomic E-state index is 11.9. The van der Waals surface area contributed by atoms with Crippen molar-refractivity contribution in [3.63, 3.8) is 0 Å². The summed E-state index contributed by atoms with van der Waals surface area (Å²) in [5.41, 5.74) is 0.707. The lowest BCUT2D eigenvalue weighted by atomic mass is 9.81. The number of hydrogen-bond acceptors (Lipinski definition) is 1. The van der Waals surface area contributed by atoms with Crippen LogP contribution in [0.2, 0.25) is 0 Å². The van der Waals surface area contributed by atoms with E-state index in [0.717, 1.165) is 24.6 Å². The topological polar surface area (TPSA) is 12.4 Å². The van der Waals surface area contributed by atoms with E-state index in [1.165, 1.54) is 6.08 Å². The van der Waals surface area contributed by atoms with Crippen molar-refractivity contribution in [3.05, 3.63) is 23.8 Å². The molecule has 0 aromatic carbocycles. The fraction of sp³-hybridized carbons (Fsp3) is 0.615. The van der Waals surface area contributed by atoms with Crippen molar-refractivity contribution >= 4 is 6.21 Å². The third-order valence-electron chi connectivity index (χ3n) is 2.67. The zero-order valence-electron chi connectivity index (χ0n) is 10.8. The minimum absolute atomic E-state index is 0.150. The lowest BCUT2D eigenvalue weighted by Crippen LogP contribution is -2.12. The molecule has 0 aliphatic rings. The van der Waals surface area contributed by atoms with Crippen molar-refractivity contribution < 1.29 is 13.2 Å². The van der Waals surface area contributed by atoms with E-state index >= 15 is 0 Å². The second kappa shape index (κ2) is 6.62. The summed E-state index contributed by atoms with van der Waals surface area (Å²) in [4.78, 5) is 2.52. The zero-order valence-corrected chi connectivity index (χ0v) is 10.8. The van der Waals surface area contributed by atoms with Crippen LogP contribution in [0.25, 0.3) is 0 Å². The highest BCUT2D eigenvalue weighted by atomic mass is 19.4. The molecule has 0 heterocycles. The maximum Gasteiger partial charge on any atom is 0.503 e. The van der Waals surface area contributed by atoms with Gasteiger partial charge in [0.05, 0.1) is 0 Å². The Bertz CT molecular complexity index is 309. The van der Waals surface area contributed by atoms with E-state index in [-0.39, 0.29) is 5.41 Å². The molecule has 0 aromatic heterocycles. The maximum absolute atomic E-state index is 11.9. The molecule has 0 saturated carbocycles. The van der Waals surface area contributed by atoms with Gasteiger partial charge in [-0.15, -0.1) is 13.2 Å². The largest absolute Gasteiger partial charge is 0.503 e. The predicted octanol–water partition coefficient (Wildman–Crippen LogP) is 4.91. The summed E-state index contributed by atoms with van der Waals surface area (Å²) in [7, 11) is 0. The summed E-state index contributed by atoms with van der Waals surface area (Å²) >= 11 is 0. The van der Waals surface area contributed by atoms with Crippen LogP contribution in [0.5, 0.6) is 0 Å². The molecule has 0 aromatic rings. The molecule has 0 aliphatic heterocycles. The molecular formula is C13H20F3N. The van der Waals surface area contributed by atoms with Crippen LogP contribution in [0.1, 0.15) is 40.5 Å². The van der Waals surface area contributed by atoms with Crippen molar-refractivity contribution in [3.8, 4) is 0 Å². The number of rotatable bonds is 5. The van der Waals surface area contributed by atoms with Crippen LogP contribution >= 0.6 is 0 Å². The summed E-state index contributed by atoms with van der Waals surface area (Å²) in [6, 6.07) is 0. The van der Waals surface area contributed by atoms with E-state index < -0.39 is 6.30 Å². The molecule has 0 atom stereocenters. The van der Waals surface area contributed by atoms with E-state index in [1.807, 2.05) is 39.8 Å². The van der Waals surface area contributed by atoms with Crippen molar-refractivity contribution in [2.24, 2.45) is 10.4 Å². The Morgan fingerprint density at radius 3 is 2.18 bits per heavy atom. The molecule has 0 bridgehead atoms. The third-order valence-corrected chi connectivity index (χ3v) is 2.67. The van der Waals surface area contributed by atoms with E-state index in [2.05, 4.69) is 4.99 Å². The molecular weight excluding hydrogens is 227 g/mol. The molecule has 0 spiro atoms. The first-order chi connectivity index (χ1) is 7.73. The Morgan fingerprint density at radius 2 is 1.76 bits per heavy atom.